The van der Waals surface area contributed by atoms with Crippen LogP contribution in [0.4, 0.5) is 10.5 Å². The number of nitrogens with one attached hydrogen (secondary N) is 2. The lowest BCUT2D eigenvalue weighted by atomic mass is 10.0. The molecule has 0 radical (unpaired) electrons. The van der Waals surface area contributed by atoms with Crippen molar-refractivity contribution in [2.75, 3.05) is 11.9 Å². The minimum absolute atomic E-state index is 0.0431. The second-order valence-electron chi connectivity index (χ2n) is 5.41. The van der Waals surface area contributed by atoms with E-state index in [0.717, 1.165) is 17.7 Å². The summed E-state index contributed by atoms with van der Waals surface area (Å²) in [6, 6.07) is 5.31. The van der Waals surface area contributed by atoms with Crippen molar-refractivity contribution in [3.63, 3.8) is 0 Å². The van der Waals surface area contributed by atoms with Crippen LogP contribution in [0.2, 0.25) is 0 Å². The molecule has 0 aliphatic rings. The average molecular weight is 264 g/mol. The highest BCUT2D eigenvalue weighted by Gasteiger charge is 2.13. The smallest absolute Gasteiger partial charge is 0.319 e. The Hall–Kier alpha value is -1.55. The molecule has 3 N–H and O–H groups in total. The lowest BCUT2D eigenvalue weighted by Crippen LogP contribution is -2.40. The van der Waals surface area contributed by atoms with Crippen LogP contribution in [0.15, 0.2) is 18.2 Å². The quantitative estimate of drug-likeness (QED) is 0.766. The maximum atomic E-state index is 11.8. The molecule has 106 valence electrons. The Kier molecular flexibility index (Phi) is 5.83. The fourth-order valence-electron chi connectivity index (χ4n) is 1.92. The molecular formula is C15H24N2O2. The van der Waals surface area contributed by atoms with Gasteiger partial charge in [0.2, 0.25) is 0 Å². The van der Waals surface area contributed by atoms with Gasteiger partial charge in [0.25, 0.3) is 0 Å². The maximum absolute atomic E-state index is 11.8. The van der Waals surface area contributed by atoms with Crippen LogP contribution in [-0.4, -0.2) is 23.8 Å². The molecule has 1 aromatic carbocycles. The maximum Gasteiger partial charge on any atom is 0.319 e. The summed E-state index contributed by atoms with van der Waals surface area (Å²) in [5, 5.41) is 14.8. The van der Waals surface area contributed by atoms with Gasteiger partial charge in [0.1, 0.15) is 0 Å². The number of aliphatic hydroxyl groups excluding tert-OH is 1. The topological polar surface area (TPSA) is 61.4 Å². The van der Waals surface area contributed by atoms with E-state index in [1.54, 1.807) is 0 Å². The Morgan fingerprint density at radius 1 is 1.26 bits per heavy atom. The van der Waals surface area contributed by atoms with E-state index in [9.17, 15) is 9.90 Å². The summed E-state index contributed by atoms with van der Waals surface area (Å²) >= 11 is 0. The molecule has 0 aliphatic heterocycles. The fourth-order valence-corrected chi connectivity index (χ4v) is 1.92. The summed E-state index contributed by atoms with van der Waals surface area (Å²) in [5.74, 6) is 0.430. The molecule has 0 saturated carbocycles. The van der Waals surface area contributed by atoms with Crippen molar-refractivity contribution in [1.29, 1.82) is 0 Å². The second kappa shape index (κ2) is 7.14. The first-order valence-corrected chi connectivity index (χ1v) is 6.68. The van der Waals surface area contributed by atoms with Gasteiger partial charge in [0.15, 0.2) is 0 Å². The van der Waals surface area contributed by atoms with Crippen molar-refractivity contribution in [3.05, 3.63) is 29.3 Å². The molecule has 19 heavy (non-hydrogen) atoms. The average Bonchev–Trinajstić information content (AvgIpc) is 2.32. The number of hydrogen-bond acceptors (Lipinski definition) is 2. The number of aryl methyl sites for hydroxylation is 2. The van der Waals surface area contributed by atoms with E-state index in [1.165, 1.54) is 5.56 Å². The third-order valence-corrected chi connectivity index (χ3v) is 3.08. The molecule has 1 aromatic rings. The van der Waals surface area contributed by atoms with Gasteiger partial charge in [0, 0.05) is 5.69 Å². The molecule has 0 spiro atoms. The van der Waals surface area contributed by atoms with Gasteiger partial charge in [-0.15, -0.1) is 0 Å². The molecule has 1 unspecified atom stereocenters. The van der Waals surface area contributed by atoms with Crippen LogP contribution in [0.5, 0.6) is 0 Å². The predicted octanol–water partition coefficient (Wildman–Crippen LogP) is 2.83. The molecule has 4 heteroatoms. The Morgan fingerprint density at radius 3 is 2.47 bits per heavy atom. The first-order chi connectivity index (χ1) is 8.92. The molecule has 1 atom stereocenters. The monoisotopic (exact) mass is 264 g/mol. The number of anilines is 1. The largest absolute Gasteiger partial charge is 0.394 e. The first kappa shape index (κ1) is 15.5. The van der Waals surface area contributed by atoms with Gasteiger partial charge in [-0.05, 0) is 49.4 Å². The minimum atomic E-state index is -0.275. The Morgan fingerprint density at radius 2 is 1.95 bits per heavy atom. The van der Waals surface area contributed by atoms with E-state index in [4.69, 9.17) is 0 Å². The van der Waals surface area contributed by atoms with Crippen molar-refractivity contribution in [3.8, 4) is 0 Å². The highest BCUT2D eigenvalue weighted by molar-refractivity contribution is 5.89. The van der Waals surface area contributed by atoms with E-state index in [-0.39, 0.29) is 18.7 Å². The standard InChI is InChI=1S/C15H24N2O2/c1-10(2)7-14(9-18)17-15(19)16-13-6-5-11(3)12(4)8-13/h5-6,8,10,14,18H,7,9H2,1-4H3,(H2,16,17,19). The van der Waals surface area contributed by atoms with Gasteiger partial charge in [-0.25, -0.2) is 4.79 Å². The highest BCUT2D eigenvalue weighted by Crippen LogP contribution is 2.14. The molecule has 0 saturated heterocycles. The summed E-state index contributed by atoms with van der Waals surface area (Å²) in [7, 11) is 0. The first-order valence-electron chi connectivity index (χ1n) is 6.68. The summed E-state index contributed by atoms with van der Waals surface area (Å²) in [6.07, 6.45) is 0.761. The number of rotatable bonds is 5. The van der Waals surface area contributed by atoms with Gasteiger partial charge >= 0.3 is 6.03 Å². The van der Waals surface area contributed by atoms with E-state index >= 15 is 0 Å². The van der Waals surface area contributed by atoms with E-state index < -0.39 is 0 Å². The number of carbonyl (C=O) groups is 1. The third-order valence-electron chi connectivity index (χ3n) is 3.08. The van der Waals surface area contributed by atoms with E-state index in [2.05, 4.69) is 24.5 Å². The van der Waals surface area contributed by atoms with Gasteiger partial charge in [-0.2, -0.15) is 0 Å². The van der Waals surface area contributed by atoms with E-state index in [0.29, 0.717) is 5.92 Å². The molecule has 1 rings (SSSR count). The van der Waals surface area contributed by atoms with Gasteiger partial charge in [0.05, 0.1) is 12.6 Å². The number of aliphatic hydroxyl groups is 1. The summed E-state index contributed by atoms with van der Waals surface area (Å²) in [5.41, 5.74) is 3.10. The Bertz CT molecular complexity index is 430. The minimum Gasteiger partial charge on any atom is -0.394 e. The van der Waals surface area contributed by atoms with Crippen LogP contribution in [-0.2, 0) is 0 Å². The van der Waals surface area contributed by atoms with Crippen LogP contribution >= 0.6 is 0 Å². The number of hydrogen-bond donors (Lipinski definition) is 3. The van der Waals surface area contributed by atoms with Crippen LogP contribution in [0, 0.1) is 19.8 Å². The lowest BCUT2D eigenvalue weighted by Gasteiger charge is -2.18. The Labute approximate surface area is 115 Å². The molecule has 4 nitrogen and oxygen atoms in total. The van der Waals surface area contributed by atoms with Crippen LogP contribution in [0.1, 0.15) is 31.4 Å². The Balaban J connectivity index is 2.56. The summed E-state index contributed by atoms with van der Waals surface area (Å²) < 4.78 is 0. The van der Waals surface area contributed by atoms with Crippen LogP contribution in [0.25, 0.3) is 0 Å². The van der Waals surface area contributed by atoms with Gasteiger partial charge in [-0.3, -0.25) is 0 Å². The van der Waals surface area contributed by atoms with Crippen LogP contribution in [0.3, 0.4) is 0 Å². The summed E-state index contributed by atoms with van der Waals surface area (Å²) in [4.78, 5) is 11.8. The van der Waals surface area contributed by atoms with Crippen molar-refractivity contribution in [1.82, 2.24) is 5.32 Å². The molecular weight excluding hydrogens is 240 g/mol. The zero-order valence-corrected chi connectivity index (χ0v) is 12.2. The summed E-state index contributed by atoms with van der Waals surface area (Å²) in [6.45, 7) is 8.12. The lowest BCUT2D eigenvalue weighted by molar-refractivity contribution is 0.214. The van der Waals surface area contributed by atoms with Crippen molar-refractivity contribution < 1.29 is 9.90 Å². The predicted molar refractivity (Wildman–Crippen MR) is 78.4 cm³/mol. The zero-order valence-electron chi connectivity index (χ0n) is 12.2. The molecule has 2 amide bonds. The number of amides is 2. The zero-order chi connectivity index (χ0) is 14.4. The van der Waals surface area contributed by atoms with Crippen LogP contribution < -0.4 is 10.6 Å². The number of benzene rings is 1. The van der Waals surface area contributed by atoms with Crippen molar-refractivity contribution >= 4 is 11.7 Å². The fraction of sp³-hybridized carbons (Fsp3) is 0.533. The third kappa shape index (κ3) is 5.30. The molecule has 0 aliphatic carbocycles. The molecule has 0 bridgehead atoms. The van der Waals surface area contributed by atoms with E-state index in [1.807, 2.05) is 32.0 Å². The SMILES string of the molecule is Cc1ccc(NC(=O)NC(CO)CC(C)C)cc1C. The second-order valence-corrected chi connectivity index (χ2v) is 5.41. The van der Waals surface area contributed by atoms with Crippen molar-refractivity contribution in [2.24, 2.45) is 5.92 Å². The highest BCUT2D eigenvalue weighted by atomic mass is 16.3. The molecule has 0 heterocycles. The van der Waals surface area contributed by atoms with Crippen molar-refractivity contribution in [2.45, 2.75) is 40.2 Å². The molecule has 0 aromatic heterocycles. The number of urea groups is 1. The number of carbonyl (C=O) groups excluding carboxylic acids is 1. The normalized spacial score (nSPS) is 12.3. The molecule has 0 fully saturated rings. The van der Waals surface area contributed by atoms with Gasteiger partial charge < -0.3 is 15.7 Å². The van der Waals surface area contributed by atoms with Gasteiger partial charge in [-0.1, -0.05) is 19.9 Å².